The lowest BCUT2D eigenvalue weighted by atomic mass is 9.68. The van der Waals surface area contributed by atoms with Crippen molar-refractivity contribution in [1.29, 1.82) is 0 Å². The summed E-state index contributed by atoms with van der Waals surface area (Å²) in [4.78, 5) is 0. The highest BCUT2D eigenvalue weighted by atomic mass is 16.4. The van der Waals surface area contributed by atoms with E-state index in [0.29, 0.717) is 11.4 Å². The minimum atomic E-state index is -1.42. The smallest absolute Gasteiger partial charge is 0.423 e. The molecular formula is C18H21BO2. The van der Waals surface area contributed by atoms with E-state index in [1.165, 1.54) is 19.3 Å². The average molecular weight is 280 g/mol. The van der Waals surface area contributed by atoms with Gasteiger partial charge < -0.3 is 10.0 Å². The van der Waals surface area contributed by atoms with E-state index in [0.717, 1.165) is 29.5 Å². The highest BCUT2D eigenvalue weighted by molar-refractivity contribution is 6.61. The van der Waals surface area contributed by atoms with Crippen LogP contribution in [0.4, 0.5) is 0 Å². The first-order valence-corrected chi connectivity index (χ1v) is 7.81. The van der Waals surface area contributed by atoms with Crippen molar-refractivity contribution in [2.24, 2.45) is 0 Å². The molecule has 0 spiro atoms. The fraction of sp³-hybridized carbons (Fsp3) is 0.333. The fourth-order valence-electron chi connectivity index (χ4n) is 3.51. The molecular weight excluding hydrogens is 259 g/mol. The average Bonchev–Trinajstić information content (AvgIpc) is 2.55. The van der Waals surface area contributed by atoms with Crippen LogP contribution in [-0.4, -0.2) is 17.2 Å². The lowest BCUT2D eigenvalue weighted by molar-refractivity contribution is 0.420. The molecule has 0 amide bonds. The molecule has 0 saturated heterocycles. The van der Waals surface area contributed by atoms with Gasteiger partial charge in [-0.05, 0) is 40.9 Å². The van der Waals surface area contributed by atoms with Gasteiger partial charge in [0.25, 0.3) is 0 Å². The maximum Gasteiger partial charge on any atom is 0.489 e. The van der Waals surface area contributed by atoms with Gasteiger partial charge in [-0.3, -0.25) is 0 Å². The summed E-state index contributed by atoms with van der Waals surface area (Å²) in [7, 11) is -1.42. The number of benzene rings is 2. The van der Waals surface area contributed by atoms with Crippen molar-refractivity contribution >= 4 is 12.6 Å². The lowest BCUT2D eigenvalue weighted by Gasteiger charge is -2.25. The highest BCUT2D eigenvalue weighted by Gasteiger charge is 2.26. The van der Waals surface area contributed by atoms with Crippen LogP contribution in [0.1, 0.15) is 43.6 Å². The molecule has 0 heterocycles. The summed E-state index contributed by atoms with van der Waals surface area (Å²) in [6.07, 6.45) is 6.07. The molecule has 0 aromatic heterocycles. The van der Waals surface area contributed by atoms with Crippen LogP contribution in [0.3, 0.4) is 0 Å². The van der Waals surface area contributed by atoms with Crippen molar-refractivity contribution in [2.45, 2.75) is 38.0 Å². The van der Waals surface area contributed by atoms with Gasteiger partial charge in [0.1, 0.15) is 0 Å². The molecule has 1 aliphatic carbocycles. The summed E-state index contributed by atoms with van der Waals surface area (Å²) in [6, 6.07) is 16.1. The molecule has 0 bridgehead atoms. The van der Waals surface area contributed by atoms with Crippen LogP contribution in [0.25, 0.3) is 11.1 Å². The van der Waals surface area contributed by atoms with Gasteiger partial charge in [0.2, 0.25) is 0 Å². The van der Waals surface area contributed by atoms with Crippen molar-refractivity contribution in [3.05, 3.63) is 54.1 Å². The normalized spacial score (nSPS) is 15.9. The molecule has 0 radical (unpaired) electrons. The van der Waals surface area contributed by atoms with Crippen molar-refractivity contribution in [3.63, 3.8) is 0 Å². The third-order valence-electron chi connectivity index (χ3n) is 4.53. The highest BCUT2D eigenvalue weighted by Crippen LogP contribution is 2.33. The van der Waals surface area contributed by atoms with Crippen molar-refractivity contribution in [2.75, 3.05) is 0 Å². The Balaban J connectivity index is 2.08. The first-order valence-electron chi connectivity index (χ1n) is 7.81. The van der Waals surface area contributed by atoms with E-state index in [4.69, 9.17) is 0 Å². The van der Waals surface area contributed by atoms with Gasteiger partial charge in [-0.1, -0.05) is 67.8 Å². The summed E-state index contributed by atoms with van der Waals surface area (Å²) in [5.41, 5.74) is 3.79. The Morgan fingerprint density at radius 3 is 2.19 bits per heavy atom. The van der Waals surface area contributed by atoms with E-state index >= 15 is 0 Å². The van der Waals surface area contributed by atoms with Crippen LogP contribution in [0.5, 0.6) is 0 Å². The molecule has 1 fully saturated rings. The van der Waals surface area contributed by atoms with Crippen LogP contribution in [0.2, 0.25) is 0 Å². The Labute approximate surface area is 126 Å². The Morgan fingerprint density at radius 1 is 0.810 bits per heavy atom. The molecule has 0 aliphatic heterocycles. The summed E-state index contributed by atoms with van der Waals surface area (Å²) in [5, 5.41) is 19.9. The molecule has 2 N–H and O–H groups in total. The topological polar surface area (TPSA) is 40.5 Å². The minimum Gasteiger partial charge on any atom is -0.423 e. The molecule has 3 rings (SSSR count). The van der Waals surface area contributed by atoms with E-state index < -0.39 is 7.12 Å². The van der Waals surface area contributed by atoms with Crippen LogP contribution in [-0.2, 0) is 0 Å². The number of rotatable bonds is 3. The van der Waals surface area contributed by atoms with Crippen molar-refractivity contribution in [1.82, 2.24) is 0 Å². The van der Waals surface area contributed by atoms with E-state index in [1.807, 2.05) is 42.5 Å². The summed E-state index contributed by atoms with van der Waals surface area (Å²) in [5.74, 6) is 0.458. The van der Waals surface area contributed by atoms with Gasteiger partial charge in [0.15, 0.2) is 0 Å². The van der Waals surface area contributed by atoms with Gasteiger partial charge >= 0.3 is 7.12 Å². The van der Waals surface area contributed by atoms with Crippen molar-refractivity contribution in [3.8, 4) is 11.1 Å². The molecule has 1 aliphatic rings. The Hall–Kier alpha value is -1.58. The predicted molar refractivity (Wildman–Crippen MR) is 87.5 cm³/mol. The molecule has 2 aromatic carbocycles. The molecule has 21 heavy (non-hydrogen) atoms. The second-order valence-electron chi connectivity index (χ2n) is 5.88. The quantitative estimate of drug-likeness (QED) is 0.848. The Morgan fingerprint density at radius 2 is 1.52 bits per heavy atom. The van der Waals surface area contributed by atoms with Crippen LogP contribution < -0.4 is 5.46 Å². The minimum absolute atomic E-state index is 0.458. The first kappa shape index (κ1) is 14.4. The van der Waals surface area contributed by atoms with E-state index in [9.17, 15) is 10.0 Å². The largest absolute Gasteiger partial charge is 0.489 e. The molecule has 3 heteroatoms. The third kappa shape index (κ3) is 3.04. The van der Waals surface area contributed by atoms with Gasteiger partial charge in [0.05, 0.1) is 0 Å². The zero-order chi connectivity index (χ0) is 14.7. The molecule has 1 saturated carbocycles. The van der Waals surface area contributed by atoms with E-state index in [-0.39, 0.29) is 0 Å². The summed E-state index contributed by atoms with van der Waals surface area (Å²) >= 11 is 0. The zero-order valence-electron chi connectivity index (χ0n) is 12.2. The molecule has 108 valence electrons. The third-order valence-corrected chi connectivity index (χ3v) is 4.53. The summed E-state index contributed by atoms with van der Waals surface area (Å²) < 4.78 is 0. The Kier molecular flexibility index (Phi) is 4.42. The van der Waals surface area contributed by atoms with Crippen LogP contribution in [0, 0.1) is 0 Å². The van der Waals surface area contributed by atoms with Gasteiger partial charge in [-0.15, -0.1) is 0 Å². The number of hydrogen-bond acceptors (Lipinski definition) is 2. The lowest BCUT2D eigenvalue weighted by Crippen LogP contribution is -2.36. The standard InChI is InChI=1S/C18H21BO2/c20-19(21)18-16(14-8-3-1-4-9-14)12-7-13-17(18)15-10-5-2-6-11-15/h1,3-4,7-9,12-13,15,20-21H,2,5-6,10-11H2. The molecule has 0 atom stereocenters. The SMILES string of the molecule is OB(O)c1c(-c2ccccc2)cccc1C1CCCCC1. The number of hydrogen-bond donors (Lipinski definition) is 2. The van der Waals surface area contributed by atoms with Gasteiger partial charge in [-0.25, -0.2) is 0 Å². The molecule has 2 nitrogen and oxygen atoms in total. The maximum atomic E-state index is 9.93. The zero-order valence-corrected chi connectivity index (χ0v) is 12.2. The van der Waals surface area contributed by atoms with Crippen molar-refractivity contribution < 1.29 is 10.0 Å². The monoisotopic (exact) mass is 280 g/mol. The summed E-state index contributed by atoms with van der Waals surface area (Å²) in [6.45, 7) is 0. The van der Waals surface area contributed by atoms with Crippen LogP contribution in [0.15, 0.2) is 48.5 Å². The van der Waals surface area contributed by atoms with Gasteiger partial charge in [-0.2, -0.15) is 0 Å². The second-order valence-corrected chi connectivity index (χ2v) is 5.88. The first-order chi connectivity index (χ1) is 10.3. The van der Waals surface area contributed by atoms with E-state index in [1.54, 1.807) is 0 Å². The van der Waals surface area contributed by atoms with Gasteiger partial charge in [0, 0.05) is 0 Å². The molecule has 0 unspecified atom stereocenters. The van der Waals surface area contributed by atoms with E-state index in [2.05, 4.69) is 6.07 Å². The van der Waals surface area contributed by atoms with Crippen LogP contribution >= 0.6 is 0 Å². The maximum absolute atomic E-state index is 9.93. The second kappa shape index (κ2) is 6.46. The molecule has 2 aromatic rings. The fourth-order valence-corrected chi connectivity index (χ4v) is 3.51. The predicted octanol–water partition coefficient (Wildman–Crippen LogP) is 3.08. The Bertz CT molecular complexity index is 589.